The van der Waals surface area contributed by atoms with Crippen molar-refractivity contribution in [3.8, 4) is 0 Å². The van der Waals surface area contributed by atoms with Crippen LogP contribution < -0.4 is 0 Å². The molecule has 3 aliphatic rings. The molecule has 0 N–H and O–H groups in total. The van der Waals surface area contributed by atoms with E-state index in [0.717, 1.165) is 29.6 Å². The molecule has 19 heavy (non-hydrogen) atoms. The highest BCUT2D eigenvalue weighted by molar-refractivity contribution is 6.40. The van der Waals surface area contributed by atoms with Gasteiger partial charge in [-0.2, -0.15) is 0 Å². The van der Waals surface area contributed by atoms with Crippen LogP contribution in [0.1, 0.15) is 65.7 Å². The molecule has 0 heterocycles. The molecule has 106 valence electrons. The molecule has 0 aromatic rings. The molecule has 0 saturated heterocycles. The molecule has 0 aliphatic heterocycles. The van der Waals surface area contributed by atoms with Crippen molar-refractivity contribution < 1.29 is 0 Å². The molecule has 3 saturated carbocycles. The van der Waals surface area contributed by atoms with Crippen LogP contribution in [-0.2, 0) is 0 Å². The predicted molar refractivity (Wildman–Crippen MR) is 89.0 cm³/mol. The zero-order valence-corrected chi connectivity index (χ0v) is 13.8. The van der Waals surface area contributed by atoms with Crippen LogP contribution >= 0.6 is 0 Å². The van der Waals surface area contributed by atoms with Crippen molar-refractivity contribution in [3.05, 3.63) is 0 Å². The predicted octanol–water partition coefficient (Wildman–Crippen LogP) is 3.27. The molecule has 5 unspecified atom stereocenters. The van der Waals surface area contributed by atoms with Crippen molar-refractivity contribution in [1.29, 1.82) is 0 Å². The van der Waals surface area contributed by atoms with Crippen LogP contribution in [0.15, 0.2) is 0 Å². The molecule has 0 nitrogen and oxygen atoms in total. The molecule has 5 atom stereocenters. The van der Waals surface area contributed by atoms with Crippen molar-refractivity contribution in [2.24, 2.45) is 35.0 Å². The van der Waals surface area contributed by atoms with E-state index in [9.17, 15) is 0 Å². The van der Waals surface area contributed by atoms with Crippen molar-refractivity contribution in [2.75, 3.05) is 0 Å². The molecule has 0 aromatic heterocycles. The molecular formula is C17H32B2. The zero-order valence-electron chi connectivity index (χ0n) is 13.8. The first-order valence-electron chi connectivity index (χ1n) is 8.82. The smallest absolute Gasteiger partial charge is 0.0769 e. The normalized spacial score (nSPS) is 43.0. The monoisotopic (exact) mass is 258 g/mol. The standard InChI is InChI=1S/C17H32B2/c1-16(2,3)17(18,19)14-10-12-8-4-6-11-7-5-9-13(14)15(11)12/h11-15H,4-10,18-19H2,1-3H3. The summed E-state index contributed by atoms with van der Waals surface area (Å²) in [5, 5.41) is 0.497. The molecule has 0 bridgehead atoms. The second-order valence-corrected chi connectivity index (χ2v) is 9.44. The van der Waals surface area contributed by atoms with Gasteiger partial charge in [0.2, 0.25) is 0 Å². The fourth-order valence-corrected chi connectivity index (χ4v) is 5.89. The van der Waals surface area contributed by atoms with Gasteiger partial charge < -0.3 is 0 Å². The average molecular weight is 258 g/mol. The third-order valence-electron chi connectivity index (χ3n) is 7.78. The Hall–Kier alpha value is 0.130. The van der Waals surface area contributed by atoms with Crippen molar-refractivity contribution >= 4 is 15.7 Å². The van der Waals surface area contributed by atoms with E-state index < -0.39 is 0 Å². The lowest BCUT2D eigenvalue weighted by molar-refractivity contribution is 0.0758. The summed E-state index contributed by atoms with van der Waals surface area (Å²) >= 11 is 0. The first kappa shape index (κ1) is 14.1. The lowest BCUT2D eigenvalue weighted by atomic mass is 9.37. The Kier molecular flexibility index (Phi) is 3.39. The summed E-state index contributed by atoms with van der Waals surface area (Å²) in [5.74, 6) is 5.38. The van der Waals surface area contributed by atoms with Gasteiger partial charge in [-0.05, 0) is 47.8 Å². The number of hydrogen-bond acceptors (Lipinski definition) is 0. The molecule has 0 amide bonds. The van der Waals surface area contributed by atoms with Gasteiger partial charge >= 0.3 is 0 Å². The summed E-state index contributed by atoms with van der Waals surface area (Å²) in [6.45, 7) is 7.40. The van der Waals surface area contributed by atoms with E-state index in [1.807, 2.05) is 0 Å². The Morgan fingerprint density at radius 2 is 1.42 bits per heavy atom. The van der Waals surface area contributed by atoms with E-state index in [0.29, 0.717) is 10.6 Å². The fourth-order valence-electron chi connectivity index (χ4n) is 5.89. The summed E-state index contributed by atoms with van der Waals surface area (Å²) in [4.78, 5) is 0. The van der Waals surface area contributed by atoms with Crippen molar-refractivity contribution in [1.82, 2.24) is 0 Å². The fraction of sp³-hybridized carbons (Fsp3) is 1.00. The van der Waals surface area contributed by atoms with Crippen LogP contribution in [0.2, 0.25) is 5.21 Å². The van der Waals surface area contributed by atoms with E-state index in [2.05, 4.69) is 36.5 Å². The summed E-state index contributed by atoms with van der Waals surface area (Å²) in [6.07, 6.45) is 10.8. The van der Waals surface area contributed by atoms with E-state index in [4.69, 9.17) is 0 Å². The van der Waals surface area contributed by atoms with Crippen LogP contribution in [0, 0.1) is 35.0 Å². The molecule has 0 aromatic carbocycles. The largest absolute Gasteiger partial charge is 0.100 e. The van der Waals surface area contributed by atoms with E-state index in [-0.39, 0.29) is 0 Å². The maximum atomic E-state index is 2.57. The molecular weight excluding hydrogens is 226 g/mol. The highest BCUT2D eigenvalue weighted by Crippen LogP contribution is 2.64. The van der Waals surface area contributed by atoms with Gasteiger partial charge in [0.05, 0.1) is 0 Å². The van der Waals surface area contributed by atoms with E-state index >= 15 is 0 Å². The van der Waals surface area contributed by atoms with Gasteiger partial charge in [0.25, 0.3) is 0 Å². The highest BCUT2D eigenvalue weighted by atomic mass is 14.6. The third kappa shape index (κ3) is 2.12. The lowest BCUT2D eigenvalue weighted by Gasteiger charge is -2.49. The maximum Gasteiger partial charge on any atom is 0.100 e. The van der Waals surface area contributed by atoms with Crippen molar-refractivity contribution in [2.45, 2.75) is 70.9 Å². The second-order valence-electron chi connectivity index (χ2n) is 9.44. The van der Waals surface area contributed by atoms with Gasteiger partial charge in [-0.1, -0.05) is 58.1 Å². The lowest BCUT2D eigenvalue weighted by Crippen LogP contribution is -2.41. The first-order valence-corrected chi connectivity index (χ1v) is 8.82. The van der Waals surface area contributed by atoms with Crippen molar-refractivity contribution in [3.63, 3.8) is 0 Å². The summed E-state index contributed by atoms with van der Waals surface area (Å²) in [6, 6.07) is 0. The molecule has 0 spiro atoms. The Labute approximate surface area is 122 Å². The quantitative estimate of drug-likeness (QED) is 0.633. The molecule has 2 heteroatoms. The summed E-state index contributed by atoms with van der Waals surface area (Å²) < 4.78 is 0. The number of rotatable bonds is 1. The first-order chi connectivity index (χ1) is 8.82. The van der Waals surface area contributed by atoms with E-state index in [1.165, 1.54) is 12.8 Å². The Bertz CT molecular complexity index is 340. The van der Waals surface area contributed by atoms with Gasteiger partial charge in [-0.3, -0.25) is 0 Å². The van der Waals surface area contributed by atoms with Crippen LogP contribution in [0.4, 0.5) is 0 Å². The summed E-state index contributed by atoms with van der Waals surface area (Å²) in [5.41, 5.74) is 0.443. The molecule has 3 aliphatic carbocycles. The van der Waals surface area contributed by atoms with Crippen LogP contribution in [0.3, 0.4) is 0 Å². The minimum absolute atomic E-state index is 0.443. The third-order valence-corrected chi connectivity index (χ3v) is 7.78. The van der Waals surface area contributed by atoms with Crippen LogP contribution in [0.5, 0.6) is 0 Å². The Morgan fingerprint density at radius 3 is 2.05 bits per heavy atom. The molecule has 3 rings (SSSR count). The van der Waals surface area contributed by atoms with Gasteiger partial charge in [0.15, 0.2) is 0 Å². The minimum atomic E-state index is 0.443. The van der Waals surface area contributed by atoms with E-state index in [1.54, 1.807) is 32.1 Å². The van der Waals surface area contributed by atoms with Crippen LogP contribution in [0.25, 0.3) is 0 Å². The summed E-state index contributed by atoms with van der Waals surface area (Å²) in [7, 11) is 5.14. The van der Waals surface area contributed by atoms with Gasteiger partial charge in [-0.25, -0.2) is 0 Å². The second kappa shape index (κ2) is 4.57. The van der Waals surface area contributed by atoms with Gasteiger partial charge in [0.1, 0.15) is 15.7 Å². The maximum absolute atomic E-state index is 2.57. The highest BCUT2D eigenvalue weighted by Gasteiger charge is 2.55. The topological polar surface area (TPSA) is 0 Å². The zero-order chi connectivity index (χ0) is 13.8. The SMILES string of the molecule is BC(B)(C1CC2CCCC3CCCC1C32)C(C)(C)C. The molecule has 3 fully saturated rings. The van der Waals surface area contributed by atoms with Gasteiger partial charge in [-0.15, -0.1) is 0 Å². The number of hydrogen-bond donors (Lipinski definition) is 0. The average Bonchev–Trinajstić information content (AvgIpc) is 2.70. The van der Waals surface area contributed by atoms with Gasteiger partial charge in [0, 0.05) is 0 Å². The Balaban J connectivity index is 1.88. The Morgan fingerprint density at radius 1 is 0.842 bits per heavy atom. The molecule has 0 radical (unpaired) electrons. The van der Waals surface area contributed by atoms with Crippen LogP contribution in [-0.4, -0.2) is 15.7 Å². The minimum Gasteiger partial charge on any atom is -0.0769 e.